The fourth-order valence-electron chi connectivity index (χ4n) is 1.93. The van der Waals surface area contributed by atoms with Crippen LogP contribution >= 0.6 is 0 Å². The van der Waals surface area contributed by atoms with Crippen LogP contribution < -0.4 is 10.5 Å². The molecule has 0 aliphatic heterocycles. The summed E-state index contributed by atoms with van der Waals surface area (Å²) >= 11 is 0. The number of halogens is 4. The maximum atomic E-state index is 13.0. The number of sulfonamides is 1. The molecule has 4 nitrogen and oxygen atoms in total. The fourth-order valence-corrected chi connectivity index (χ4v) is 3.21. The number of benzene rings is 1. The molecule has 118 valence electrons. The lowest BCUT2D eigenvalue weighted by Gasteiger charge is -2.16. The smallest absolute Gasteiger partial charge is 0.326 e. The largest absolute Gasteiger partial charge is 0.417 e. The van der Waals surface area contributed by atoms with Crippen molar-refractivity contribution in [2.45, 2.75) is 30.0 Å². The topological polar surface area (TPSA) is 72.2 Å². The molecular formula is C12H14F4N2O2S. The predicted octanol–water partition coefficient (Wildman–Crippen LogP) is 1.86. The normalized spacial score (nSPS) is 17.8. The number of rotatable bonds is 5. The standard InChI is InChI=1S/C12H14F4N2O2S/c13-8-3-4-11(9(5-8)12(14,15)16)21(19,20)18-6-10(17)7-1-2-7/h3-5,7,10,18H,1-2,6,17H2. The van der Waals surface area contributed by atoms with Crippen LogP contribution in [0.3, 0.4) is 0 Å². The van der Waals surface area contributed by atoms with Crippen LogP contribution in [-0.2, 0) is 16.2 Å². The molecule has 1 fully saturated rings. The molecule has 0 bridgehead atoms. The minimum atomic E-state index is -4.97. The summed E-state index contributed by atoms with van der Waals surface area (Å²) in [5, 5.41) is 0. The van der Waals surface area contributed by atoms with Crippen LogP contribution in [0.5, 0.6) is 0 Å². The van der Waals surface area contributed by atoms with E-state index in [4.69, 9.17) is 5.73 Å². The van der Waals surface area contributed by atoms with Crippen molar-refractivity contribution < 1.29 is 26.0 Å². The Morgan fingerprint density at radius 2 is 1.95 bits per heavy atom. The third-order valence-corrected chi connectivity index (χ3v) is 4.75. The molecule has 1 aromatic carbocycles. The van der Waals surface area contributed by atoms with Gasteiger partial charge in [0.25, 0.3) is 0 Å². The Balaban J connectivity index is 2.26. The van der Waals surface area contributed by atoms with Gasteiger partial charge in [0.2, 0.25) is 10.0 Å². The molecule has 2 rings (SSSR count). The van der Waals surface area contributed by atoms with Gasteiger partial charge in [-0.1, -0.05) is 0 Å². The van der Waals surface area contributed by atoms with Crippen molar-refractivity contribution in [1.82, 2.24) is 4.72 Å². The average Bonchev–Trinajstić information content (AvgIpc) is 3.19. The fraction of sp³-hybridized carbons (Fsp3) is 0.500. The highest BCUT2D eigenvalue weighted by Crippen LogP contribution is 2.35. The quantitative estimate of drug-likeness (QED) is 0.811. The summed E-state index contributed by atoms with van der Waals surface area (Å²) in [5.74, 6) is -0.959. The zero-order chi connectivity index (χ0) is 15.8. The lowest BCUT2D eigenvalue weighted by atomic mass is 10.2. The van der Waals surface area contributed by atoms with Gasteiger partial charge in [-0.15, -0.1) is 0 Å². The highest BCUT2D eigenvalue weighted by atomic mass is 32.2. The third-order valence-electron chi connectivity index (χ3n) is 3.27. The Labute approximate surface area is 119 Å². The summed E-state index contributed by atoms with van der Waals surface area (Å²) in [4.78, 5) is -1.00. The van der Waals surface area contributed by atoms with Gasteiger partial charge in [-0.3, -0.25) is 0 Å². The Bertz CT molecular complexity index is 627. The van der Waals surface area contributed by atoms with E-state index in [9.17, 15) is 26.0 Å². The second-order valence-corrected chi connectivity index (χ2v) is 6.73. The maximum Gasteiger partial charge on any atom is 0.417 e. The minimum absolute atomic E-state index is 0.151. The van der Waals surface area contributed by atoms with Crippen LogP contribution in [-0.4, -0.2) is 21.0 Å². The van der Waals surface area contributed by atoms with Crippen molar-refractivity contribution in [2.24, 2.45) is 11.7 Å². The molecule has 0 heterocycles. The summed E-state index contributed by atoms with van der Waals surface area (Å²) in [6.45, 7) is -0.151. The molecule has 1 aliphatic carbocycles. The average molecular weight is 326 g/mol. The van der Waals surface area contributed by atoms with Crippen LogP contribution in [0, 0.1) is 11.7 Å². The van der Waals surface area contributed by atoms with E-state index in [1.165, 1.54) is 0 Å². The van der Waals surface area contributed by atoms with Crippen LogP contribution in [0.25, 0.3) is 0 Å². The highest BCUT2D eigenvalue weighted by molar-refractivity contribution is 7.89. The van der Waals surface area contributed by atoms with E-state index in [1.54, 1.807) is 0 Å². The van der Waals surface area contributed by atoms with Gasteiger partial charge in [0, 0.05) is 12.6 Å². The number of nitrogens with two attached hydrogens (primary N) is 1. The van der Waals surface area contributed by atoms with E-state index in [0.29, 0.717) is 12.1 Å². The van der Waals surface area contributed by atoms with E-state index < -0.39 is 38.5 Å². The van der Waals surface area contributed by atoms with Crippen molar-refractivity contribution in [2.75, 3.05) is 6.54 Å². The Hall–Kier alpha value is -1.19. The minimum Gasteiger partial charge on any atom is -0.326 e. The van der Waals surface area contributed by atoms with E-state index >= 15 is 0 Å². The summed E-state index contributed by atoms with van der Waals surface area (Å²) in [6, 6.07) is 0.998. The van der Waals surface area contributed by atoms with Gasteiger partial charge in [-0.2, -0.15) is 13.2 Å². The van der Waals surface area contributed by atoms with E-state index in [2.05, 4.69) is 4.72 Å². The first kappa shape index (κ1) is 16.2. The molecule has 1 unspecified atom stereocenters. The number of hydrogen-bond donors (Lipinski definition) is 2. The Morgan fingerprint density at radius 3 is 2.48 bits per heavy atom. The summed E-state index contributed by atoms with van der Waals surface area (Å²) < 4.78 is 77.4. The lowest BCUT2D eigenvalue weighted by Crippen LogP contribution is -2.39. The molecule has 0 saturated heterocycles. The molecule has 9 heteroatoms. The van der Waals surface area contributed by atoms with Gasteiger partial charge in [-0.25, -0.2) is 17.5 Å². The molecule has 1 aromatic rings. The van der Waals surface area contributed by atoms with Crippen molar-refractivity contribution in [1.29, 1.82) is 0 Å². The van der Waals surface area contributed by atoms with Crippen LogP contribution in [0.15, 0.2) is 23.1 Å². The second-order valence-electron chi connectivity index (χ2n) is 4.99. The third kappa shape index (κ3) is 3.92. The first-order chi connectivity index (χ1) is 9.61. The molecule has 21 heavy (non-hydrogen) atoms. The van der Waals surface area contributed by atoms with Crippen molar-refractivity contribution in [3.05, 3.63) is 29.6 Å². The number of alkyl halides is 3. The Morgan fingerprint density at radius 1 is 1.33 bits per heavy atom. The SMILES string of the molecule is NC(CNS(=O)(=O)c1ccc(F)cc1C(F)(F)F)C1CC1. The van der Waals surface area contributed by atoms with Crippen molar-refractivity contribution >= 4 is 10.0 Å². The molecule has 0 radical (unpaired) electrons. The molecule has 0 aromatic heterocycles. The van der Waals surface area contributed by atoms with Gasteiger partial charge in [-0.05, 0) is 37.0 Å². The van der Waals surface area contributed by atoms with Gasteiger partial charge < -0.3 is 5.73 Å². The maximum absolute atomic E-state index is 13.0. The van der Waals surface area contributed by atoms with Gasteiger partial charge in [0.1, 0.15) is 5.82 Å². The molecule has 0 spiro atoms. The summed E-state index contributed by atoms with van der Waals surface area (Å²) in [5.41, 5.74) is 4.17. The highest BCUT2D eigenvalue weighted by Gasteiger charge is 2.38. The first-order valence-electron chi connectivity index (χ1n) is 6.23. The number of hydrogen-bond acceptors (Lipinski definition) is 3. The predicted molar refractivity (Wildman–Crippen MR) is 67.3 cm³/mol. The molecular weight excluding hydrogens is 312 g/mol. The van der Waals surface area contributed by atoms with Crippen molar-refractivity contribution in [3.63, 3.8) is 0 Å². The summed E-state index contributed by atoms with van der Waals surface area (Å²) in [7, 11) is -4.41. The Kier molecular flexibility index (Phi) is 4.27. The lowest BCUT2D eigenvalue weighted by molar-refractivity contribution is -0.140. The second kappa shape index (κ2) is 5.54. The molecule has 1 aliphatic rings. The van der Waals surface area contributed by atoms with Gasteiger partial charge in [0.05, 0.1) is 10.5 Å². The van der Waals surface area contributed by atoms with Crippen LogP contribution in [0.2, 0.25) is 0 Å². The zero-order valence-electron chi connectivity index (χ0n) is 10.8. The summed E-state index contributed by atoms with van der Waals surface area (Å²) in [6.07, 6.45) is -3.20. The van der Waals surface area contributed by atoms with Gasteiger partial charge >= 0.3 is 6.18 Å². The monoisotopic (exact) mass is 326 g/mol. The van der Waals surface area contributed by atoms with Crippen molar-refractivity contribution in [3.8, 4) is 0 Å². The number of nitrogens with one attached hydrogen (secondary N) is 1. The first-order valence-corrected chi connectivity index (χ1v) is 7.71. The van der Waals surface area contributed by atoms with E-state index in [-0.39, 0.29) is 18.5 Å². The zero-order valence-corrected chi connectivity index (χ0v) is 11.6. The van der Waals surface area contributed by atoms with E-state index in [1.807, 2.05) is 0 Å². The van der Waals surface area contributed by atoms with Crippen LogP contribution in [0.4, 0.5) is 17.6 Å². The molecule has 1 saturated carbocycles. The van der Waals surface area contributed by atoms with Gasteiger partial charge in [0.15, 0.2) is 0 Å². The molecule has 1 atom stereocenters. The van der Waals surface area contributed by atoms with Crippen LogP contribution in [0.1, 0.15) is 18.4 Å². The molecule has 0 amide bonds. The molecule has 3 N–H and O–H groups in total. The van der Waals surface area contributed by atoms with E-state index in [0.717, 1.165) is 12.8 Å².